The molecule has 0 bridgehead atoms. The molecule has 0 unspecified atom stereocenters. The van der Waals surface area contributed by atoms with Crippen molar-refractivity contribution in [3.63, 3.8) is 0 Å². The molecule has 7 nitrogen and oxygen atoms in total. The van der Waals surface area contributed by atoms with Crippen LogP contribution in [0.3, 0.4) is 0 Å². The minimum atomic E-state index is -0.363. The molecule has 0 fully saturated rings. The fourth-order valence-electron chi connectivity index (χ4n) is 3.27. The summed E-state index contributed by atoms with van der Waals surface area (Å²) in [6.07, 6.45) is 5.14. The Morgan fingerprint density at radius 3 is 2.45 bits per heavy atom. The summed E-state index contributed by atoms with van der Waals surface area (Å²) in [4.78, 5) is 22.6. The van der Waals surface area contributed by atoms with E-state index in [9.17, 15) is 14.9 Å². The highest BCUT2D eigenvalue weighted by atomic mass is 16.5. The van der Waals surface area contributed by atoms with Crippen LogP contribution < -0.4 is 4.74 Å². The summed E-state index contributed by atoms with van der Waals surface area (Å²) in [7, 11) is 0. The molecule has 0 spiro atoms. The first-order valence-electron chi connectivity index (χ1n) is 10.8. The Kier molecular flexibility index (Phi) is 8.25. The number of carbonyl (C=O) groups is 2. The fraction of sp³-hybridized carbons (Fsp3) is 0.269. The predicted octanol–water partition coefficient (Wildman–Crippen LogP) is 4.91. The molecule has 0 N–H and O–H groups in total. The number of rotatable bonds is 10. The number of hydrogen-bond donors (Lipinski definition) is 0. The summed E-state index contributed by atoms with van der Waals surface area (Å²) in [5.41, 5.74) is 3.48. The molecule has 0 radical (unpaired) electrons. The van der Waals surface area contributed by atoms with Gasteiger partial charge in [0.05, 0.1) is 30.9 Å². The van der Waals surface area contributed by atoms with E-state index in [0.717, 1.165) is 29.7 Å². The van der Waals surface area contributed by atoms with Crippen molar-refractivity contribution in [2.24, 2.45) is 0 Å². The van der Waals surface area contributed by atoms with E-state index in [4.69, 9.17) is 14.2 Å². The highest BCUT2D eigenvalue weighted by molar-refractivity contribution is 5.89. The van der Waals surface area contributed by atoms with Crippen molar-refractivity contribution in [3.8, 4) is 28.6 Å². The van der Waals surface area contributed by atoms with Crippen molar-refractivity contribution in [2.45, 2.75) is 26.7 Å². The van der Waals surface area contributed by atoms with Gasteiger partial charge in [-0.05, 0) is 61.7 Å². The van der Waals surface area contributed by atoms with Crippen molar-refractivity contribution < 1.29 is 23.8 Å². The van der Waals surface area contributed by atoms with Crippen molar-refractivity contribution in [1.82, 2.24) is 4.57 Å². The summed E-state index contributed by atoms with van der Waals surface area (Å²) in [5.74, 6) is 0.0624. The molecule has 0 aliphatic rings. The lowest BCUT2D eigenvalue weighted by Crippen LogP contribution is -2.04. The van der Waals surface area contributed by atoms with Crippen LogP contribution in [0.2, 0.25) is 0 Å². The number of aromatic nitrogens is 1. The maximum Gasteiger partial charge on any atom is 0.338 e. The number of esters is 2. The second-order valence-electron chi connectivity index (χ2n) is 7.30. The van der Waals surface area contributed by atoms with Crippen molar-refractivity contribution in [2.75, 3.05) is 19.8 Å². The Balaban J connectivity index is 1.71. The summed E-state index contributed by atoms with van der Waals surface area (Å²) >= 11 is 0. The molecular weight excluding hydrogens is 420 g/mol. The summed E-state index contributed by atoms with van der Waals surface area (Å²) in [6.45, 7) is 4.37. The van der Waals surface area contributed by atoms with E-state index in [1.807, 2.05) is 47.2 Å². The van der Waals surface area contributed by atoms with Crippen LogP contribution in [0.15, 0.2) is 60.9 Å². The topological polar surface area (TPSA) is 90.6 Å². The molecule has 1 aromatic heterocycles. The van der Waals surface area contributed by atoms with Crippen LogP contribution in [-0.2, 0) is 14.3 Å². The zero-order chi connectivity index (χ0) is 23.6. The minimum absolute atomic E-state index is 0.279. The second-order valence-corrected chi connectivity index (χ2v) is 7.30. The van der Waals surface area contributed by atoms with E-state index in [-0.39, 0.29) is 11.9 Å². The van der Waals surface area contributed by atoms with Crippen LogP contribution in [0.5, 0.6) is 5.75 Å². The molecule has 0 saturated carbocycles. The summed E-state index contributed by atoms with van der Waals surface area (Å²) in [5, 5.41) is 9.66. The summed E-state index contributed by atoms with van der Waals surface area (Å²) in [6, 6.07) is 16.9. The van der Waals surface area contributed by atoms with Gasteiger partial charge in [0.2, 0.25) is 0 Å². The van der Waals surface area contributed by atoms with Gasteiger partial charge in [0.1, 0.15) is 11.8 Å². The zero-order valence-corrected chi connectivity index (χ0v) is 18.7. The SMILES string of the molecule is CCOC(=O)c1ccc(-n2cc(C#N)c(-c3cccc(OCCCCOC(C)=O)c3)c2)cc1. The maximum absolute atomic E-state index is 11.9. The molecule has 7 heteroatoms. The van der Waals surface area contributed by atoms with Crippen LogP contribution in [0, 0.1) is 11.3 Å². The molecular formula is C26H26N2O5. The maximum atomic E-state index is 11.9. The lowest BCUT2D eigenvalue weighted by molar-refractivity contribution is -0.141. The number of ether oxygens (including phenoxy) is 3. The van der Waals surface area contributed by atoms with Crippen LogP contribution in [0.4, 0.5) is 0 Å². The fourth-order valence-corrected chi connectivity index (χ4v) is 3.27. The molecule has 1 heterocycles. The van der Waals surface area contributed by atoms with E-state index < -0.39 is 0 Å². The smallest absolute Gasteiger partial charge is 0.338 e. The van der Waals surface area contributed by atoms with Crippen molar-refractivity contribution in [1.29, 1.82) is 5.26 Å². The van der Waals surface area contributed by atoms with E-state index in [1.165, 1.54) is 6.92 Å². The van der Waals surface area contributed by atoms with Crippen LogP contribution in [0.1, 0.15) is 42.6 Å². The molecule has 3 rings (SSSR count). The number of nitriles is 1. The van der Waals surface area contributed by atoms with E-state index in [1.54, 1.807) is 25.3 Å². The van der Waals surface area contributed by atoms with Gasteiger partial charge >= 0.3 is 11.9 Å². The lowest BCUT2D eigenvalue weighted by atomic mass is 10.1. The van der Waals surface area contributed by atoms with Gasteiger partial charge in [-0.15, -0.1) is 0 Å². The third-order valence-corrected chi connectivity index (χ3v) is 4.88. The first-order chi connectivity index (χ1) is 16.0. The molecule has 3 aromatic rings. The average molecular weight is 447 g/mol. The normalized spacial score (nSPS) is 10.3. The number of carbonyl (C=O) groups excluding carboxylic acids is 2. The first kappa shape index (κ1) is 23.6. The van der Waals surface area contributed by atoms with Crippen LogP contribution >= 0.6 is 0 Å². The zero-order valence-electron chi connectivity index (χ0n) is 18.7. The lowest BCUT2D eigenvalue weighted by Gasteiger charge is -2.08. The van der Waals surface area contributed by atoms with E-state index in [2.05, 4.69) is 6.07 Å². The molecule has 0 aliphatic heterocycles. The van der Waals surface area contributed by atoms with Gasteiger partial charge in [-0.25, -0.2) is 4.79 Å². The number of nitrogens with zero attached hydrogens (tertiary/aromatic N) is 2. The van der Waals surface area contributed by atoms with Gasteiger partial charge < -0.3 is 18.8 Å². The van der Waals surface area contributed by atoms with Gasteiger partial charge in [0.15, 0.2) is 0 Å². The molecule has 0 saturated heterocycles. The highest BCUT2D eigenvalue weighted by Crippen LogP contribution is 2.29. The molecule has 33 heavy (non-hydrogen) atoms. The Bertz CT molecular complexity index is 1140. The number of benzene rings is 2. The van der Waals surface area contributed by atoms with Gasteiger partial charge in [-0.1, -0.05) is 12.1 Å². The van der Waals surface area contributed by atoms with E-state index >= 15 is 0 Å². The highest BCUT2D eigenvalue weighted by Gasteiger charge is 2.12. The van der Waals surface area contributed by atoms with Crippen LogP contribution in [-0.4, -0.2) is 36.3 Å². The minimum Gasteiger partial charge on any atom is -0.494 e. The van der Waals surface area contributed by atoms with Gasteiger partial charge in [0.25, 0.3) is 0 Å². The summed E-state index contributed by atoms with van der Waals surface area (Å²) < 4.78 is 17.6. The molecule has 2 aromatic carbocycles. The third kappa shape index (κ3) is 6.47. The Labute approximate surface area is 193 Å². The Hall–Kier alpha value is -4.05. The van der Waals surface area contributed by atoms with Gasteiger partial charge in [-0.2, -0.15) is 5.26 Å². The third-order valence-electron chi connectivity index (χ3n) is 4.88. The quantitative estimate of drug-likeness (QED) is 0.324. The second kappa shape index (κ2) is 11.5. The standard InChI is InChI=1S/C26H26N2O5/c1-3-31-26(30)20-9-11-23(12-10-20)28-17-22(16-27)25(18-28)21-7-6-8-24(15-21)33-14-5-4-13-32-19(2)29/h6-12,15,17-18H,3-5,13-14H2,1-2H3. The van der Waals surface area contributed by atoms with Crippen molar-refractivity contribution in [3.05, 3.63) is 72.1 Å². The van der Waals surface area contributed by atoms with Gasteiger partial charge in [0, 0.05) is 30.6 Å². The molecule has 170 valence electrons. The van der Waals surface area contributed by atoms with Crippen LogP contribution in [0.25, 0.3) is 16.8 Å². The van der Waals surface area contributed by atoms with Gasteiger partial charge in [-0.3, -0.25) is 4.79 Å². The number of unbranched alkanes of at least 4 members (excludes halogenated alkanes) is 1. The van der Waals surface area contributed by atoms with Crippen molar-refractivity contribution >= 4 is 11.9 Å². The predicted molar refractivity (Wildman–Crippen MR) is 123 cm³/mol. The molecule has 0 atom stereocenters. The average Bonchev–Trinajstić information content (AvgIpc) is 3.26. The Morgan fingerprint density at radius 2 is 1.76 bits per heavy atom. The Morgan fingerprint density at radius 1 is 1.00 bits per heavy atom. The molecule has 0 amide bonds. The van der Waals surface area contributed by atoms with E-state index in [0.29, 0.717) is 36.7 Å². The first-order valence-corrected chi connectivity index (χ1v) is 10.8. The molecule has 0 aliphatic carbocycles. The number of hydrogen-bond acceptors (Lipinski definition) is 6. The monoisotopic (exact) mass is 446 g/mol. The largest absolute Gasteiger partial charge is 0.494 e.